The molecular weight excluding hydrogens is 216 g/mol. The molecule has 1 rings (SSSR count). The molecule has 1 saturated heterocycles. The Morgan fingerprint density at radius 2 is 1.88 bits per heavy atom. The number of hydrogen-bond acceptors (Lipinski definition) is 4. The smallest absolute Gasteiger partial charge is 0.0827 e. The summed E-state index contributed by atoms with van der Waals surface area (Å²) in [6, 6.07) is 0. The van der Waals surface area contributed by atoms with E-state index in [0.717, 1.165) is 25.8 Å². The second-order valence-corrected chi connectivity index (χ2v) is 6.19. The van der Waals surface area contributed by atoms with Gasteiger partial charge in [-0.2, -0.15) is 0 Å². The number of nitrogens with two attached hydrogens (primary N) is 1. The number of nitrogens with one attached hydrogen (secondary N) is 1. The second kappa shape index (κ2) is 5.22. The number of ether oxygens (including phenoxy) is 1. The van der Waals surface area contributed by atoms with Gasteiger partial charge in [0.1, 0.15) is 0 Å². The van der Waals surface area contributed by atoms with Gasteiger partial charge < -0.3 is 20.9 Å². The lowest BCUT2D eigenvalue weighted by atomic mass is 9.79. The molecule has 1 aliphatic heterocycles. The van der Waals surface area contributed by atoms with Crippen LogP contribution in [0, 0.1) is 0 Å². The Morgan fingerprint density at radius 3 is 2.29 bits per heavy atom. The predicted octanol–water partition coefficient (Wildman–Crippen LogP) is 1.02. The Labute approximate surface area is 105 Å². The fourth-order valence-corrected chi connectivity index (χ4v) is 2.99. The van der Waals surface area contributed by atoms with Gasteiger partial charge in [0.25, 0.3) is 0 Å². The maximum atomic E-state index is 8.79. The van der Waals surface area contributed by atoms with Gasteiger partial charge in [0.05, 0.1) is 16.7 Å². The molecule has 0 aliphatic carbocycles. The third-order valence-electron chi connectivity index (χ3n) is 3.81. The summed E-state index contributed by atoms with van der Waals surface area (Å²) in [6.45, 7) is 10.1. The zero-order chi connectivity index (χ0) is 13.2. The maximum absolute atomic E-state index is 8.79. The minimum Gasteiger partial charge on any atom is -0.396 e. The molecule has 0 radical (unpaired) electrons. The standard InChI is InChI=1S/C13H28N2O2/c1-11(2)9-13(10-14,12(3,4)17-11)15-7-5-6-8-16/h15-16H,5-10,14H2,1-4H3. The molecule has 1 fully saturated rings. The molecule has 4 nitrogen and oxygen atoms in total. The van der Waals surface area contributed by atoms with E-state index >= 15 is 0 Å². The molecule has 0 aromatic heterocycles. The zero-order valence-electron chi connectivity index (χ0n) is 11.7. The normalized spacial score (nSPS) is 30.7. The molecule has 0 spiro atoms. The van der Waals surface area contributed by atoms with Crippen LogP contribution in [0.5, 0.6) is 0 Å². The number of unbranched alkanes of at least 4 members (excludes halogenated alkanes) is 1. The average Bonchev–Trinajstić information content (AvgIpc) is 2.39. The summed E-state index contributed by atoms with van der Waals surface area (Å²) in [7, 11) is 0. The van der Waals surface area contributed by atoms with Gasteiger partial charge in [0.15, 0.2) is 0 Å². The number of hydrogen-bond donors (Lipinski definition) is 3. The summed E-state index contributed by atoms with van der Waals surface area (Å²) in [5, 5.41) is 12.4. The Balaban J connectivity index is 2.67. The molecule has 0 saturated carbocycles. The Morgan fingerprint density at radius 1 is 1.24 bits per heavy atom. The van der Waals surface area contributed by atoms with Crippen molar-refractivity contribution in [2.24, 2.45) is 5.73 Å². The topological polar surface area (TPSA) is 67.5 Å². The van der Waals surface area contributed by atoms with Gasteiger partial charge in [-0.05, 0) is 53.5 Å². The Kier molecular flexibility index (Phi) is 4.58. The van der Waals surface area contributed by atoms with Crippen molar-refractivity contribution in [2.45, 2.75) is 63.7 Å². The summed E-state index contributed by atoms with van der Waals surface area (Å²) in [5.41, 5.74) is 5.44. The quantitative estimate of drug-likeness (QED) is 0.610. The number of aliphatic hydroxyl groups excluding tert-OH is 1. The average molecular weight is 244 g/mol. The van der Waals surface area contributed by atoms with Crippen LogP contribution in [-0.2, 0) is 4.74 Å². The lowest BCUT2D eigenvalue weighted by Crippen LogP contribution is -2.62. The highest BCUT2D eigenvalue weighted by molar-refractivity contribution is 5.12. The summed E-state index contributed by atoms with van der Waals surface area (Å²) < 4.78 is 6.11. The van der Waals surface area contributed by atoms with Crippen LogP contribution in [0.4, 0.5) is 0 Å². The molecule has 17 heavy (non-hydrogen) atoms. The first-order valence-corrected chi connectivity index (χ1v) is 6.55. The highest BCUT2D eigenvalue weighted by Gasteiger charge is 2.55. The molecular formula is C13H28N2O2. The molecule has 4 N–H and O–H groups in total. The van der Waals surface area contributed by atoms with Crippen LogP contribution < -0.4 is 11.1 Å². The highest BCUT2D eigenvalue weighted by Crippen LogP contribution is 2.44. The number of rotatable bonds is 6. The van der Waals surface area contributed by atoms with Crippen molar-refractivity contribution >= 4 is 0 Å². The van der Waals surface area contributed by atoms with Crippen LogP contribution in [0.15, 0.2) is 0 Å². The second-order valence-electron chi connectivity index (χ2n) is 6.19. The fourth-order valence-electron chi connectivity index (χ4n) is 2.99. The molecule has 1 unspecified atom stereocenters. The third-order valence-corrected chi connectivity index (χ3v) is 3.81. The van der Waals surface area contributed by atoms with E-state index < -0.39 is 0 Å². The van der Waals surface area contributed by atoms with Crippen molar-refractivity contribution in [1.29, 1.82) is 0 Å². The maximum Gasteiger partial charge on any atom is 0.0827 e. The molecule has 4 heteroatoms. The Hall–Kier alpha value is -0.160. The third kappa shape index (κ3) is 3.19. The summed E-state index contributed by atoms with van der Waals surface area (Å²) >= 11 is 0. The van der Waals surface area contributed by atoms with Gasteiger partial charge in [0, 0.05) is 13.2 Å². The molecule has 1 atom stereocenters. The molecule has 0 bridgehead atoms. The molecule has 0 amide bonds. The van der Waals surface area contributed by atoms with Crippen molar-refractivity contribution in [3.05, 3.63) is 0 Å². The van der Waals surface area contributed by atoms with Gasteiger partial charge in [-0.1, -0.05) is 0 Å². The van der Waals surface area contributed by atoms with E-state index in [-0.39, 0.29) is 23.3 Å². The van der Waals surface area contributed by atoms with Gasteiger partial charge in [-0.25, -0.2) is 0 Å². The van der Waals surface area contributed by atoms with Crippen molar-refractivity contribution < 1.29 is 9.84 Å². The molecule has 0 aromatic rings. The van der Waals surface area contributed by atoms with Crippen LogP contribution >= 0.6 is 0 Å². The molecule has 1 heterocycles. The first kappa shape index (κ1) is 14.9. The van der Waals surface area contributed by atoms with Crippen molar-refractivity contribution in [1.82, 2.24) is 5.32 Å². The fraction of sp³-hybridized carbons (Fsp3) is 1.00. The van der Waals surface area contributed by atoms with Gasteiger partial charge in [-0.3, -0.25) is 0 Å². The van der Waals surface area contributed by atoms with Gasteiger partial charge >= 0.3 is 0 Å². The number of aliphatic hydroxyl groups is 1. The van der Waals surface area contributed by atoms with Crippen molar-refractivity contribution in [2.75, 3.05) is 19.7 Å². The first-order valence-electron chi connectivity index (χ1n) is 6.55. The van der Waals surface area contributed by atoms with E-state index in [9.17, 15) is 0 Å². The van der Waals surface area contributed by atoms with E-state index in [4.69, 9.17) is 15.6 Å². The van der Waals surface area contributed by atoms with E-state index in [2.05, 4.69) is 33.0 Å². The van der Waals surface area contributed by atoms with Crippen LogP contribution in [0.2, 0.25) is 0 Å². The molecule has 1 aliphatic rings. The van der Waals surface area contributed by atoms with Crippen LogP contribution in [0.1, 0.15) is 47.0 Å². The van der Waals surface area contributed by atoms with Crippen molar-refractivity contribution in [3.8, 4) is 0 Å². The van der Waals surface area contributed by atoms with E-state index in [0.29, 0.717) is 6.54 Å². The minimum atomic E-state index is -0.259. The van der Waals surface area contributed by atoms with E-state index in [1.165, 1.54) is 0 Å². The van der Waals surface area contributed by atoms with Gasteiger partial charge in [0.2, 0.25) is 0 Å². The van der Waals surface area contributed by atoms with Crippen LogP contribution in [0.25, 0.3) is 0 Å². The largest absolute Gasteiger partial charge is 0.396 e. The van der Waals surface area contributed by atoms with E-state index in [1.54, 1.807) is 0 Å². The predicted molar refractivity (Wildman–Crippen MR) is 70.0 cm³/mol. The lowest BCUT2D eigenvalue weighted by molar-refractivity contribution is -0.0820. The van der Waals surface area contributed by atoms with E-state index in [1.807, 2.05) is 0 Å². The Bertz CT molecular complexity index is 254. The monoisotopic (exact) mass is 244 g/mol. The zero-order valence-corrected chi connectivity index (χ0v) is 11.7. The first-order chi connectivity index (χ1) is 7.79. The van der Waals surface area contributed by atoms with Crippen LogP contribution in [-0.4, -0.2) is 41.5 Å². The highest BCUT2D eigenvalue weighted by atomic mass is 16.5. The summed E-state index contributed by atoms with van der Waals surface area (Å²) in [6.07, 6.45) is 2.72. The van der Waals surface area contributed by atoms with Crippen LogP contribution in [0.3, 0.4) is 0 Å². The minimum absolute atomic E-state index is 0.132. The summed E-state index contributed by atoms with van der Waals surface area (Å²) in [5.74, 6) is 0. The SMILES string of the molecule is CC1(C)CC(CN)(NCCCCO)C(C)(C)O1. The lowest BCUT2D eigenvalue weighted by Gasteiger charge is -2.40. The molecule has 0 aromatic carbocycles. The van der Waals surface area contributed by atoms with Gasteiger partial charge in [-0.15, -0.1) is 0 Å². The molecule has 102 valence electrons. The van der Waals surface area contributed by atoms with Crippen molar-refractivity contribution in [3.63, 3.8) is 0 Å². The summed E-state index contributed by atoms with van der Waals surface area (Å²) in [4.78, 5) is 0.